The summed E-state index contributed by atoms with van der Waals surface area (Å²) < 4.78 is 23.8. The molecule has 0 bridgehead atoms. The zero-order valence-corrected chi connectivity index (χ0v) is 28.3. The Labute approximate surface area is 268 Å². The van der Waals surface area contributed by atoms with Gasteiger partial charge in [-0.25, -0.2) is 23.0 Å². The van der Waals surface area contributed by atoms with Gasteiger partial charge in [0.25, 0.3) is 0 Å². The molecule has 0 unspecified atom stereocenters. The molecule has 0 saturated carbocycles. The zero-order chi connectivity index (χ0) is 33.9. The van der Waals surface area contributed by atoms with Crippen LogP contribution in [0, 0.1) is 0 Å². The second kappa shape index (κ2) is 13.4. The molecule has 14 heteroatoms. The van der Waals surface area contributed by atoms with E-state index >= 15 is 0 Å². The molecule has 3 rings (SSSR count). The van der Waals surface area contributed by atoms with Gasteiger partial charge in [0.05, 0.1) is 15.5 Å². The molecular formula is C31H41N5O7S2. The van der Waals surface area contributed by atoms with E-state index in [0.29, 0.717) is 23.7 Å². The van der Waals surface area contributed by atoms with Gasteiger partial charge in [-0.1, -0.05) is 35.6 Å². The van der Waals surface area contributed by atoms with Crippen molar-refractivity contribution in [1.82, 2.24) is 14.8 Å². The van der Waals surface area contributed by atoms with E-state index in [-0.39, 0.29) is 10.8 Å². The average Bonchev–Trinajstić information content (AvgIpc) is 3.27. The molecule has 0 aliphatic carbocycles. The van der Waals surface area contributed by atoms with Crippen molar-refractivity contribution in [2.75, 3.05) is 16.9 Å². The number of anilines is 2. The van der Waals surface area contributed by atoms with Crippen molar-refractivity contribution in [3.05, 3.63) is 59.8 Å². The Balaban J connectivity index is 1.88. The molecule has 12 nitrogen and oxygen atoms in total. The van der Waals surface area contributed by atoms with Crippen LogP contribution in [-0.4, -0.2) is 75.1 Å². The van der Waals surface area contributed by atoms with Gasteiger partial charge in [-0.15, -0.1) is 0 Å². The predicted molar refractivity (Wildman–Crippen MR) is 175 cm³/mol. The number of nitrogens with zero attached hydrogens (tertiary/aromatic N) is 3. The van der Waals surface area contributed by atoms with Gasteiger partial charge < -0.3 is 20.8 Å². The van der Waals surface area contributed by atoms with Crippen LogP contribution >= 0.6 is 11.3 Å². The number of nitrogens with one attached hydrogen (secondary N) is 2. The summed E-state index contributed by atoms with van der Waals surface area (Å²) >= 11 is 1.30. The maximum absolute atomic E-state index is 12.4. The largest absolute Gasteiger partial charge is 0.465 e. The third-order valence-corrected chi connectivity index (χ3v) is 8.96. The van der Waals surface area contributed by atoms with Crippen LogP contribution in [0.3, 0.4) is 0 Å². The van der Waals surface area contributed by atoms with Gasteiger partial charge in [-0.2, -0.15) is 0 Å². The SMILES string of the molecule is CC(=O)Nc1nc(CCc2ccc(NC(N(C(=O)O)C(C)(C)C)N(C(=O)O)C(C)(C)C)cc2)c(-c2ccc(S(C)(=O)=O)cc2)s1. The first kappa shape index (κ1) is 35.3. The Morgan fingerprint density at radius 3 is 1.80 bits per heavy atom. The lowest BCUT2D eigenvalue weighted by Crippen LogP contribution is -2.66. The normalized spacial score (nSPS) is 12.1. The van der Waals surface area contributed by atoms with Gasteiger partial charge in [0.1, 0.15) is 0 Å². The molecule has 0 radical (unpaired) electrons. The maximum atomic E-state index is 12.4. The van der Waals surface area contributed by atoms with E-state index in [1.165, 1.54) is 18.3 Å². The van der Waals surface area contributed by atoms with Gasteiger partial charge in [0.15, 0.2) is 21.3 Å². The molecule has 45 heavy (non-hydrogen) atoms. The number of benzene rings is 2. The highest BCUT2D eigenvalue weighted by molar-refractivity contribution is 7.90. The van der Waals surface area contributed by atoms with Crippen molar-refractivity contribution in [3.63, 3.8) is 0 Å². The molecule has 3 aromatic rings. The summed E-state index contributed by atoms with van der Waals surface area (Å²) in [6, 6.07) is 13.8. The molecule has 1 heterocycles. The zero-order valence-electron chi connectivity index (χ0n) is 26.7. The van der Waals surface area contributed by atoms with Crippen LogP contribution in [0.5, 0.6) is 0 Å². The minimum absolute atomic E-state index is 0.207. The number of hydrogen-bond acceptors (Lipinski definition) is 8. The van der Waals surface area contributed by atoms with Crippen LogP contribution in [0.15, 0.2) is 53.4 Å². The molecule has 2 aromatic carbocycles. The fourth-order valence-corrected chi connectivity index (χ4v) is 6.44. The fourth-order valence-electron chi connectivity index (χ4n) is 4.75. The highest BCUT2D eigenvalue weighted by Crippen LogP contribution is 2.35. The summed E-state index contributed by atoms with van der Waals surface area (Å²) in [6.07, 6.45) is -1.51. The first-order chi connectivity index (χ1) is 20.7. The van der Waals surface area contributed by atoms with Crippen molar-refractivity contribution < 1.29 is 33.0 Å². The van der Waals surface area contributed by atoms with Crippen LogP contribution < -0.4 is 10.6 Å². The molecule has 244 valence electrons. The predicted octanol–water partition coefficient (Wildman–Crippen LogP) is 6.21. The minimum Gasteiger partial charge on any atom is -0.465 e. The highest BCUT2D eigenvalue weighted by atomic mass is 32.2. The minimum atomic E-state index is -3.35. The van der Waals surface area contributed by atoms with Crippen molar-refractivity contribution in [3.8, 4) is 10.4 Å². The topological polar surface area (TPSA) is 169 Å². The van der Waals surface area contributed by atoms with Gasteiger partial charge in [-0.05, 0) is 89.8 Å². The first-order valence-electron chi connectivity index (χ1n) is 14.2. The van der Waals surface area contributed by atoms with Gasteiger partial charge in [0, 0.05) is 29.9 Å². The molecule has 4 N–H and O–H groups in total. The summed E-state index contributed by atoms with van der Waals surface area (Å²) in [6.45, 7) is 11.6. The second-order valence-electron chi connectivity index (χ2n) is 12.6. The standard InChI is InChI=1S/C31H41N5O7S2/c1-19(37)32-26-34-24(25(44-26)21-12-16-23(17-13-21)45(8,42)43)18-11-20-9-14-22(15-10-20)33-27(35(28(38)39)30(2,3)4)36(29(40)41)31(5,6)7/h9-10,12-17,27,33H,11,18H2,1-8H3,(H,38,39)(H,40,41)(H,32,34,37). The fraction of sp³-hybridized carbons (Fsp3) is 0.419. The Kier molecular flexibility index (Phi) is 10.6. The number of carboxylic acid groups (broad SMARTS) is 2. The number of rotatable bonds is 10. The van der Waals surface area contributed by atoms with Crippen LogP contribution in [0.25, 0.3) is 10.4 Å². The summed E-state index contributed by atoms with van der Waals surface area (Å²) in [5.74, 6) is -0.253. The van der Waals surface area contributed by atoms with Gasteiger partial charge >= 0.3 is 12.2 Å². The van der Waals surface area contributed by atoms with Gasteiger partial charge in [-0.3, -0.25) is 14.6 Å². The Morgan fingerprint density at radius 2 is 1.38 bits per heavy atom. The quantitative estimate of drug-likeness (QED) is 0.185. The molecular weight excluding hydrogens is 619 g/mol. The van der Waals surface area contributed by atoms with Crippen LogP contribution in [0.1, 0.15) is 59.7 Å². The second-order valence-corrected chi connectivity index (χ2v) is 15.6. The summed E-state index contributed by atoms with van der Waals surface area (Å²) in [7, 11) is -3.35. The number of carbonyl (C=O) groups is 3. The third-order valence-electron chi connectivity index (χ3n) is 6.77. The van der Waals surface area contributed by atoms with Crippen molar-refractivity contribution in [1.29, 1.82) is 0 Å². The number of aryl methyl sites for hydroxylation is 2. The average molecular weight is 660 g/mol. The molecule has 0 saturated heterocycles. The lowest BCUT2D eigenvalue weighted by molar-refractivity contribution is -0.114. The van der Waals surface area contributed by atoms with E-state index in [1.807, 2.05) is 12.1 Å². The molecule has 0 atom stereocenters. The summed E-state index contributed by atoms with van der Waals surface area (Å²) in [5.41, 5.74) is 1.15. The summed E-state index contributed by atoms with van der Waals surface area (Å²) in [5, 5.41) is 26.5. The molecule has 3 amide bonds. The molecule has 0 fully saturated rings. The first-order valence-corrected chi connectivity index (χ1v) is 16.9. The van der Waals surface area contributed by atoms with E-state index in [4.69, 9.17) is 0 Å². The number of amides is 3. The summed E-state index contributed by atoms with van der Waals surface area (Å²) in [4.78, 5) is 44.2. The Bertz CT molecular complexity index is 1610. The van der Waals surface area contributed by atoms with E-state index in [1.54, 1.807) is 77.9 Å². The van der Waals surface area contributed by atoms with Crippen molar-refractivity contribution in [2.45, 2.75) is 83.6 Å². The number of carbonyl (C=O) groups excluding carboxylic acids is 1. The van der Waals surface area contributed by atoms with Crippen LogP contribution in [0.4, 0.5) is 20.4 Å². The molecule has 1 aromatic heterocycles. The number of hydrogen-bond donors (Lipinski definition) is 4. The lowest BCUT2D eigenvalue weighted by Gasteiger charge is -2.48. The lowest BCUT2D eigenvalue weighted by atomic mass is 10.0. The van der Waals surface area contributed by atoms with Crippen LogP contribution in [0.2, 0.25) is 0 Å². The molecule has 0 spiro atoms. The van der Waals surface area contributed by atoms with Crippen molar-refractivity contribution >= 4 is 50.1 Å². The van der Waals surface area contributed by atoms with Crippen molar-refractivity contribution in [2.24, 2.45) is 0 Å². The molecule has 0 aliphatic rings. The number of thiazole rings is 1. The number of aromatic nitrogens is 1. The molecule has 0 aliphatic heterocycles. The maximum Gasteiger partial charge on any atom is 0.410 e. The Morgan fingerprint density at radius 1 is 0.867 bits per heavy atom. The monoisotopic (exact) mass is 659 g/mol. The third kappa shape index (κ3) is 9.17. The van der Waals surface area contributed by atoms with Crippen LogP contribution in [-0.2, 0) is 27.5 Å². The highest BCUT2D eigenvalue weighted by Gasteiger charge is 2.43. The van der Waals surface area contributed by atoms with Gasteiger partial charge in [0.2, 0.25) is 5.91 Å². The number of sulfone groups is 1. The van der Waals surface area contributed by atoms with E-state index in [0.717, 1.165) is 37.8 Å². The smallest absolute Gasteiger partial charge is 0.410 e. The van der Waals surface area contributed by atoms with E-state index < -0.39 is 39.4 Å². The Hall–Kier alpha value is -4.17. The van der Waals surface area contributed by atoms with E-state index in [2.05, 4.69) is 15.6 Å². The van der Waals surface area contributed by atoms with E-state index in [9.17, 15) is 33.0 Å².